The number of aliphatic hydroxyl groups excluding tert-OH is 1. The fraction of sp³-hybridized carbons (Fsp3) is 0.650. The van der Waals surface area contributed by atoms with Crippen LogP contribution in [0.2, 0.25) is 0 Å². The first-order chi connectivity index (χ1) is 10.7. The first-order valence-electron chi connectivity index (χ1n) is 8.85. The highest BCUT2D eigenvalue weighted by Gasteiger charge is 2.54. The number of carbonyl (C=O) groups excluding carboxylic acids is 1. The van der Waals surface area contributed by atoms with Crippen molar-refractivity contribution < 1.29 is 9.90 Å². The molecule has 1 N–H and O–H groups in total. The molecule has 2 fully saturated rings. The summed E-state index contributed by atoms with van der Waals surface area (Å²) in [5, 5.41) is 9.35. The van der Waals surface area contributed by atoms with Gasteiger partial charge in [0.1, 0.15) is 6.29 Å². The maximum absolute atomic E-state index is 11.5. The molecule has 22 heavy (non-hydrogen) atoms. The topological polar surface area (TPSA) is 37.3 Å². The number of aldehydes is 1. The van der Waals surface area contributed by atoms with E-state index in [-0.39, 0.29) is 17.9 Å². The normalized spacial score (nSPS) is 39.7. The van der Waals surface area contributed by atoms with Gasteiger partial charge in [0.05, 0.1) is 6.61 Å². The molecule has 0 amide bonds. The standard InChI is InChI=1S/C20H26O2/c1-20-9-8-17-16-5-2-13(11-21)10-14(16)3-6-18(17)19(20)7-4-15(20)12-22/h2,5,10,12,15,17-19,21H,3-4,6-9,11H2,1H3. The first kappa shape index (κ1) is 14.4. The predicted octanol–water partition coefficient (Wildman–Crippen LogP) is 3.85. The molecule has 0 spiro atoms. The Labute approximate surface area is 132 Å². The Balaban J connectivity index is 1.67. The van der Waals surface area contributed by atoms with Crippen LogP contribution in [0, 0.1) is 23.2 Å². The predicted molar refractivity (Wildman–Crippen MR) is 86.5 cm³/mol. The molecule has 5 unspecified atom stereocenters. The number of benzene rings is 1. The lowest BCUT2D eigenvalue weighted by Gasteiger charge is -2.50. The SMILES string of the molecule is CC12CCC3c4ccc(CO)cc4CCC3C1CCC2C=O. The summed E-state index contributed by atoms with van der Waals surface area (Å²) < 4.78 is 0. The van der Waals surface area contributed by atoms with Gasteiger partial charge < -0.3 is 9.90 Å². The van der Waals surface area contributed by atoms with E-state index in [1.54, 1.807) is 0 Å². The molecule has 1 aromatic carbocycles. The Bertz CT molecular complexity index is 593. The van der Waals surface area contributed by atoms with Crippen molar-refractivity contribution in [3.63, 3.8) is 0 Å². The molecule has 3 aliphatic rings. The zero-order valence-corrected chi connectivity index (χ0v) is 13.4. The number of carbonyl (C=O) groups is 1. The number of aryl methyl sites for hydroxylation is 1. The highest BCUT2D eigenvalue weighted by molar-refractivity contribution is 5.56. The average molecular weight is 298 g/mol. The summed E-state index contributed by atoms with van der Waals surface area (Å²) in [6.45, 7) is 2.52. The van der Waals surface area contributed by atoms with Crippen LogP contribution in [-0.4, -0.2) is 11.4 Å². The molecule has 2 saturated carbocycles. The fourth-order valence-electron chi connectivity index (χ4n) is 6.00. The van der Waals surface area contributed by atoms with E-state index in [1.165, 1.54) is 43.1 Å². The van der Waals surface area contributed by atoms with Crippen molar-refractivity contribution in [3.05, 3.63) is 34.9 Å². The molecular formula is C20H26O2. The van der Waals surface area contributed by atoms with Crippen molar-refractivity contribution in [2.45, 2.75) is 58.0 Å². The molecule has 0 heterocycles. The van der Waals surface area contributed by atoms with E-state index < -0.39 is 0 Å². The fourth-order valence-corrected chi connectivity index (χ4v) is 6.00. The van der Waals surface area contributed by atoms with E-state index in [0.29, 0.717) is 5.92 Å². The van der Waals surface area contributed by atoms with E-state index in [0.717, 1.165) is 30.2 Å². The number of hydrogen-bond donors (Lipinski definition) is 1. The van der Waals surface area contributed by atoms with Gasteiger partial charge in [0.25, 0.3) is 0 Å². The monoisotopic (exact) mass is 298 g/mol. The van der Waals surface area contributed by atoms with Gasteiger partial charge in [0.15, 0.2) is 0 Å². The van der Waals surface area contributed by atoms with Crippen LogP contribution in [0.5, 0.6) is 0 Å². The Hall–Kier alpha value is -1.15. The number of aliphatic hydroxyl groups is 1. The third-order valence-electron chi connectivity index (χ3n) is 7.21. The zero-order chi connectivity index (χ0) is 15.3. The van der Waals surface area contributed by atoms with Crippen LogP contribution in [0.4, 0.5) is 0 Å². The van der Waals surface area contributed by atoms with E-state index in [1.807, 2.05) is 0 Å². The second-order valence-corrected chi connectivity index (χ2v) is 7.97. The second-order valence-electron chi connectivity index (χ2n) is 7.97. The first-order valence-corrected chi connectivity index (χ1v) is 8.85. The van der Waals surface area contributed by atoms with Gasteiger partial charge in [-0.25, -0.2) is 0 Å². The molecule has 0 radical (unpaired) electrons. The van der Waals surface area contributed by atoms with Gasteiger partial charge in [0, 0.05) is 5.92 Å². The van der Waals surface area contributed by atoms with Gasteiger partial charge in [-0.2, -0.15) is 0 Å². The van der Waals surface area contributed by atoms with Crippen LogP contribution in [0.1, 0.15) is 61.6 Å². The molecule has 2 heteroatoms. The van der Waals surface area contributed by atoms with E-state index in [9.17, 15) is 9.90 Å². The molecule has 5 atom stereocenters. The molecule has 0 aliphatic heterocycles. The van der Waals surface area contributed by atoms with Crippen molar-refractivity contribution in [2.75, 3.05) is 0 Å². The number of rotatable bonds is 2. The van der Waals surface area contributed by atoms with Gasteiger partial charge in [-0.15, -0.1) is 0 Å². The quantitative estimate of drug-likeness (QED) is 0.842. The van der Waals surface area contributed by atoms with Crippen LogP contribution >= 0.6 is 0 Å². The van der Waals surface area contributed by atoms with E-state index in [4.69, 9.17) is 0 Å². The summed E-state index contributed by atoms with van der Waals surface area (Å²) in [6.07, 6.45) is 8.41. The van der Waals surface area contributed by atoms with Crippen LogP contribution in [-0.2, 0) is 17.8 Å². The Morgan fingerprint density at radius 2 is 2.14 bits per heavy atom. The third kappa shape index (κ3) is 1.93. The summed E-state index contributed by atoms with van der Waals surface area (Å²) in [7, 11) is 0. The van der Waals surface area contributed by atoms with Crippen LogP contribution in [0.15, 0.2) is 18.2 Å². The van der Waals surface area contributed by atoms with Gasteiger partial charge in [-0.3, -0.25) is 0 Å². The molecule has 0 saturated heterocycles. The summed E-state index contributed by atoms with van der Waals surface area (Å²) in [5.41, 5.74) is 4.29. The van der Waals surface area contributed by atoms with Gasteiger partial charge in [0.2, 0.25) is 0 Å². The highest BCUT2D eigenvalue weighted by Crippen LogP contribution is 2.62. The smallest absolute Gasteiger partial charge is 0.123 e. The summed E-state index contributed by atoms with van der Waals surface area (Å²) in [6, 6.07) is 6.58. The number of fused-ring (bicyclic) bond motifs is 5. The van der Waals surface area contributed by atoms with Crippen molar-refractivity contribution in [2.24, 2.45) is 23.2 Å². The minimum Gasteiger partial charge on any atom is -0.392 e. The van der Waals surface area contributed by atoms with Crippen LogP contribution < -0.4 is 0 Å². The number of hydrogen-bond acceptors (Lipinski definition) is 2. The van der Waals surface area contributed by atoms with Crippen LogP contribution in [0.25, 0.3) is 0 Å². The minimum atomic E-state index is 0.142. The molecule has 118 valence electrons. The van der Waals surface area contributed by atoms with Crippen molar-refractivity contribution in [3.8, 4) is 0 Å². The molecule has 3 aliphatic carbocycles. The van der Waals surface area contributed by atoms with Crippen molar-refractivity contribution in [1.82, 2.24) is 0 Å². The Morgan fingerprint density at radius 3 is 2.91 bits per heavy atom. The van der Waals surface area contributed by atoms with E-state index in [2.05, 4.69) is 25.1 Å². The lowest BCUT2D eigenvalue weighted by atomic mass is 9.54. The maximum Gasteiger partial charge on any atom is 0.123 e. The molecule has 2 nitrogen and oxygen atoms in total. The average Bonchev–Trinajstić information content (AvgIpc) is 2.90. The molecule has 1 aromatic rings. The largest absolute Gasteiger partial charge is 0.392 e. The third-order valence-corrected chi connectivity index (χ3v) is 7.21. The summed E-state index contributed by atoms with van der Waals surface area (Å²) in [4.78, 5) is 11.5. The lowest BCUT2D eigenvalue weighted by molar-refractivity contribution is -0.115. The summed E-state index contributed by atoms with van der Waals surface area (Å²) in [5.74, 6) is 2.46. The van der Waals surface area contributed by atoms with Crippen LogP contribution in [0.3, 0.4) is 0 Å². The summed E-state index contributed by atoms with van der Waals surface area (Å²) >= 11 is 0. The molecule has 0 bridgehead atoms. The Kier molecular flexibility index (Phi) is 3.41. The van der Waals surface area contributed by atoms with Gasteiger partial charge >= 0.3 is 0 Å². The van der Waals surface area contributed by atoms with Crippen molar-refractivity contribution >= 4 is 6.29 Å². The van der Waals surface area contributed by atoms with Gasteiger partial charge in [-0.1, -0.05) is 25.1 Å². The van der Waals surface area contributed by atoms with E-state index >= 15 is 0 Å². The lowest BCUT2D eigenvalue weighted by Crippen LogP contribution is -2.42. The zero-order valence-electron chi connectivity index (χ0n) is 13.4. The Morgan fingerprint density at radius 1 is 1.27 bits per heavy atom. The maximum atomic E-state index is 11.5. The second kappa shape index (κ2) is 5.19. The van der Waals surface area contributed by atoms with Crippen molar-refractivity contribution in [1.29, 1.82) is 0 Å². The molecule has 4 rings (SSSR count). The highest BCUT2D eigenvalue weighted by atomic mass is 16.3. The minimum absolute atomic E-state index is 0.142. The molecule has 0 aromatic heterocycles. The van der Waals surface area contributed by atoms with Gasteiger partial charge in [-0.05, 0) is 78.4 Å². The molecular weight excluding hydrogens is 272 g/mol.